The maximum atomic E-state index is 14.8. The first-order valence-corrected chi connectivity index (χ1v) is 9.46. The first-order chi connectivity index (χ1) is 14.3. The number of nitrogens with zero attached hydrogens (tertiary/aromatic N) is 2. The summed E-state index contributed by atoms with van der Waals surface area (Å²) < 4.78 is 20.0. The van der Waals surface area contributed by atoms with Gasteiger partial charge in [0.15, 0.2) is 0 Å². The predicted molar refractivity (Wildman–Crippen MR) is 110 cm³/mol. The molecule has 0 radical (unpaired) electrons. The van der Waals surface area contributed by atoms with Gasteiger partial charge in [-0.3, -0.25) is 14.5 Å². The summed E-state index contributed by atoms with van der Waals surface area (Å²) >= 11 is 0. The number of halogens is 1. The van der Waals surface area contributed by atoms with Gasteiger partial charge in [0.2, 0.25) is 5.91 Å². The molecule has 154 valence electrons. The number of cyclic esters (lactones) is 1. The average molecular weight is 409 g/mol. The minimum Gasteiger partial charge on any atom is -0.442 e. The molecule has 7 nitrogen and oxygen atoms in total. The molecule has 3 amide bonds. The molecule has 1 N–H and O–H groups in total. The van der Waals surface area contributed by atoms with Crippen molar-refractivity contribution < 1.29 is 23.5 Å². The van der Waals surface area contributed by atoms with Crippen molar-refractivity contribution in [1.29, 1.82) is 0 Å². The molecule has 0 saturated carbocycles. The topological polar surface area (TPSA) is 79.0 Å². The van der Waals surface area contributed by atoms with Crippen molar-refractivity contribution in [2.45, 2.75) is 13.0 Å². The Bertz CT molecular complexity index is 1080. The fraction of sp³-hybridized carbons (Fsp3) is 0.227. The molecule has 30 heavy (non-hydrogen) atoms. The van der Waals surface area contributed by atoms with Gasteiger partial charge in [-0.25, -0.2) is 9.18 Å². The first kappa shape index (κ1) is 19.6. The van der Waals surface area contributed by atoms with E-state index in [1.54, 1.807) is 13.1 Å². The van der Waals surface area contributed by atoms with Crippen molar-refractivity contribution in [3.05, 3.63) is 59.4 Å². The van der Waals surface area contributed by atoms with Gasteiger partial charge in [0.05, 0.1) is 24.5 Å². The van der Waals surface area contributed by atoms with Gasteiger partial charge in [0, 0.05) is 30.7 Å². The summed E-state index contributed by atoms with van der Waals surface area (Å²) in [4.78, 5) is 38.6. The van der Waals surface area contributed by atoms with Gasteiger partial charge in [-0.2, -0.15) is 0 Å². The number of nitrogens with one attached hydrogen (secondary N) is 1. The number of para-hydroxylation sites is 1. The number of ether oxygens (including phenoxy) is 1. The quantitative estimate of drug-likeness (QED) is 0.788. The van der Waals surface area contributed by atoms with E-state index in [0.29, 0.717) is 11.3 Å². The number of carbonyl (C=O) groups excluding carboxylic acids is 3. The van der Waals surface area contributed by atoms with E-state index in [9.17, 15) is 18.8 Å². The Balaban J connectivity index is 1.58. The van der Waals surface area contributed by atoms with Crippen LogP contribution in [0.2, 0.25) is 0 Å². The lowest BCUT2D eigenvalue weighted by Crippen LogP contribution is -2.33. The van der Waals surface area contributed by atoms with Crippen LogP contribution >= 0.6 is 0 Å². The van der Waals surface area contributed by atoms with E-state index in [1.165, 1.54) is 34.9 Å². The van der Waals surface area contributed by atoms with Crippen molar-refractivity contribution in [2.24, 2.45) is 0 Å². The van der Waals surface area contributed by atoms with Crippen molar-refractivity contribution >= 4 is 40.9 Å². The highest BCUT2D eigenvalue weighted by atomic mass is 19.1. The molecule has 0 aromatic heterocycles. The zero-order chi connectivity index (χ0) is 21.4. The van der Waals surface area contributed by atoms with Crippen LogP contribution in [0.1, 0.15) is 18.1 Å². The molecule has 0 aliphatic carbocycles. The molecule has 2 aromatic rings. The second-order valence-corrected chi connectivity index (χ2v) is 7.20. The minimum atomic E-state index is -0.600. The first-order valence-electron chi connectivity index (χ1n) is 9.46. The largest absolute Gasteiger partial charge is 0.442 e. The molecular formula is C22H20FN3O4. The van der Waals surface area contributed by atoms with Crippen LogP contribution in [0.25, 0.3) is 11.6 Å². The zero-order valence-electron chi connectivity index (χ0n) is 16.5. The second kappa shape index (κ2) is 7.62. The molecule has 1 unspecified atom stereocenters. The number of fused-ring (bicyclic) bond motifs is 1. The molecule has 4 rings (SSSR count). The molecule has 1 saturated heterocycles. The van der Waals surface area contributed by atoms with Gasteiger partial charge in [0.1, 0.15) is 11.9 Å². The molecule has 8 heteroatoms. The van der Waals surface area contributed by atoms with E-state index in [1.807, 2.05) is 24.3 Å². The maximum Gasteiger partial charge on any atom is 0.414 e. The average Bonchev–Trinajstić information content (AvgIpc) is 3.21. The van der Waals surface area contributed by atoms with Crippen LogP contribution in [-0.4, -0.2) is 44.1 Å². The second-order valence-electron chi connectivity index (χ2n) is 7.20. The normalized spacial score (nSPS) is 19.3. The number of carbonyl (C=O) groups is 3. The lowest BCUT2D eigenvalue weighted by molar-refractivity contribution is -0.119. The fourth-order valence-electron chi connectivity index (χ4n) is 3.59. The van der Waals surface area contributed by atoms with Crippen LogP contribution in [0.5, 0.6) is 0 Å². The Hall–Kier alpha value is -3.68. The zero-order valence-corrected chi connectivity index (χ0v) is 16.5. The summed E-state index contributed by atoms with van der Waals surface area (Å²) in [5.74, 6) is -0.983. The molecule has 1 fully saturated rings. The number of benzene rings is 2. The Morgan fingerprint density at radius 1 is 1.27 bits per heavy atom. The number of anilines is 2. The molecule has 2 aromatic carbocycles. The Morgan fingerprint density at radius 2 is 2.03 bits per heavy atom. The lowest BCUT2D eigenvalue weighted by Gasteiger charge is -2.14. The smallest absolute Gasteiger partial charge is 0.414 e. The van der Waals surface area contributed by atoms with Crippen molar-refractivity contribution in [3.63, 3.8) is 0 Å². The molecule has 2 heterocycles. The Labute approximate surface area is 172 Å². The third-order valence-corrected chi connectivity index (χ3v) is 5.14. The molecule has 0 spiro atoms. The van der Waals surface area contributed by atoms with Crippen molar-refractivity contribution in [3.8, 4) is 0 Å². The lowest BCUT2D eigenvalue weighted by atomic mass is 10.0. The van der Waals surface area contributed by atoms with Crippen LogP contribution < -0.4 is 15.1 Å². The van der Waals surface area contributed by atoms with E-state index in [-0.39, 0.29) is 30.5 Å². The molecular weight excluding hydrogens is 389 g/mol. The maximum absolute atomic E-state index is 14.8. The van der Waals surface area contributed by atoms with Gasteiger partial charge < -0.3 is 15.0 Å². The number of amides is 3. The number of hydrogen-bond donors (Lipinski definition) is 1. The van der Waals surface area contributed by atoms with Crippen molar-refractivity contribution in [2.75, 3.05) is 29.9 Å². The van der Waals surface area contributed by atoms with Crippen LogP contribution in [0.4, 0.5) is 20.6 Å². The van der Waals surface area contributed by atoms with Gasteiger partial charge in [0.25, 0.3) is 5.91 Å². The van der Waals surface area contributed by atoms with E-state index in [0.717, 1.165) is 11.3 Å². The summed E-state index contributed by atoms with van der Waals surface area (Å²) in [5, 5.41) is 2.60. The number of rotatable bonds is 4. The fourth-order valence-corrected chi connectivity index (χ4v) is 3.59. The van der Waals surface area contributed by atoms with Gasteiger partial charge in [-0.1, -0.05) is 18.2 Å². The Morgan fingerprint density at radius 3 is 2.77 bits per heavy atom. The van der Waals surface area contributed by atoms with Gasteiger partial charge in [-0.15, -0.1) is 0 Å². The van der Waals surface area contributed by atoms with Gasteiger partial charge >= 0.3 is 6.09 Å². The van der Waals surface area contributed by atoms with E-state index in [2.05, 4.69) is 5.32 Å². The summed E-state index contributed by atoms with van der Waals surface area (Å²) in [7, 11) is 1.68. The molecule has 1 atom stereocenters. The monoisotopic (exact) mass is 409 g/mol. The van der Waals surface area contributed by atoms with Crippen LogP contribution in [0.15, 0.2) is 42.5 Å². The highest BCUT2D eigenvalue weighted by Gasteiger charge is 2.33. The van der Waals surface area contributed by atoms with E-state index in [4.69, 9.17) is 4.74 Å². The van der Waals surface area contributed by atoms with Crippen LogP contribution in [0, 0.1) is 5.82 Å². The third kappa shape index (κ3) is 3.52. The van der Waals surface area contributed by atoms with E-state index >= 15 is 0 Å². The summed E-state index contributed by atoms with van der Waals surface area (Å²) in [5.41, 5.74) is 2.53. The predicted octanol–water partition coefficient (Wildman–Crippen LogP) is 2.80. The molecule has 2 aliphatic heterocycles. The number of likely N-dealkylation sites (N-methyl/N-ethyl adjacent to an activating group) is 1. The molecule has 2 aliphatic rings. The summed E-state index contributed by atoms with van der Waals surface area (Å²) in [6, 6.07) is 11.7. The highest BCUT2D eigenvalue weighted by molar-refractivity contribution is 6.35. The summed E-state index contributed by atoms with van der Waals surface area (Å²) in [6.45, 7) is 1.78. The van der Waals surface area contributed by atoms with Crippen molar-refractivity contribution in [1.82, 2.24) is 5.32 Å². The van der Waals surface area contributed by atoms with Crippen LogP contribution in [-0.2, 0) is 14.3 Å². The minimum absolute atomic E-state index is 0.194. The third-order valence-electron chi connectivity index (χ3n) is 5.14. The standard InChI is InChI=1S/C22H20FN3O4/c1-13(27)24-11-16-12-26(22(29)30-16)15-8-7-14(19(23)10-15)9-18-17-5-3-4-6-20(17)25(2)21(18)28/h3-10,16H,11-12H2,1-2H3,(H,24,27)/b18-9+. The van der Waals surface area contributed by atoms with Gasteiger partial charge in [-0.05, 0) is 30.3 Å². The Kier molecular flexibility index (Phi) is 4.99. The van der Waals surface area contributed by atoms with E-state index < -0.39 is 18.0 Å². The summed E-state index contributed by atoms with van der Waals surface area (Å²) in [6.07, 6.45) is 0.415. The molecule has 0 bridgehead atoms. The highest BCUT2D eigenvalue weighted by Crippen LogP contribution is 2.37. The SMILES string of the molecule is CC(=O)NCC1CN(c2ccc(/C=C3/C(=O)N(C)c4ccccc43)c(F)c2)C(=O)O1. The van der Waals surface area contributed by atoms with Crippen LogP contribution in [0.3, 0.4) is 0 Å². The number of hydrogen-bond acceptors (Lipinski definition) is 4.